The topological polar surface area (TPSA) is 46.4 Å². The second kappa shape index (κ2) is 4.99. The Balaban J connectivity index is 0.00000144. The normalized spacial score (nSPS) is 11.0. The van der Waals surface area contributed by atoms with Crippen molar-refractivity contribution in [2.24, 2.45) is 0 Å². The average molecular weight is 224 g/mol. The van der Waals surface area contributed by atoms with Crippen LogP contribution in [0.5, 0.6) is 11.6 Å². The van der Waals surface area contributed by atoms with Crippen LogP contribution in [-0.4, -0.2) is 5.60 Å². The van der Waals surface area contributed by atoms with Crippen LogP contribution < -0.4 is 33.7 Å². The fraction of sp³-hybridized carbons (Fsp3) is 0.308. The summed E-state index contributed by atoms with van der Waals surface area (Å²) in [7, 11) is 0. The molecule has 0 unspecified atom stereocenters. The van der Waals surface area contributed by atoms with E-state index in [4.69, 9.17) is 4.74 Å². The van der Waals surface area contributed by atoms with Crippen LogP contribution >= 0.6 is 0 Å². The zero-order chi connectivity index (χ0) is 11.8. The molecule has 0 bridgehead atoms. The quantitative estimate of drug-likeness (QED) is 0.578. The summed E-state index contributed by atoms with van der Waals surface area (Å²) in [5, 5.41) is 12.5. The SMILES string of the molecule is CC(C)(C)Oc1ccc2cccc([O-])c2[nH+]1.[Li+]. The molecule has 4 heteroatoms. The second-order valence-corrected chi connectivity index (χ2v) is 4.76. The zero-order valence-corrected chi connectivity index (χ0v) is 10.7. The van der Waals surface area contributed by atoms with Gasteiger partial charge in [-0.1, -0.05) is 12.1 Å². The third kappa shape index (κ3) is 3.39. The summed E-state index contributed by atoms with van der Waals surface area (Å²) in [5.74, 6) is 0.597. The van der Waals surface area contributed by atoms with E-state index in [0.29, 0.717) is 11.4 Å². The number of aromatic amines is 1. The average Bonchev–Trinajstić information content (AvgIpc) is 2.17. The minimum absolute atomic E-state index is 0. The first-order valence-electron chi connectivity index (χ1n) is 5.27. The van der Waals surface area contributed by atoms with Crippen LogP contribution in [0.2, 0.25) is 0 Å². The van der Waals surface area contributed by atoms with Crippen molar-refractivity contribution < 1.29 is 33.7 Å². The second-order valence-electron chi connectivity index (χ2n) is 4.76. The van der Waals surface area contributed by atoms with Crippen LogP contribution in [0.3, 0.4) is 0 Å². The van der Waals surface area contributed by atoms with Gasteiger partial charge in [-0.2, -0.15) is 4.98 Å². The van der Waals surface area contributed by atoms with Gasteiger partial charge >= 0.3 is 24.7 Å². The van der Waals surface area contributed by atoms with Crippen LogP contribution in [-0.2, 0) is 0 Å². The van der Waals surface area contributed by atoms with E-state index >= 15 is 0 Å². The summed E-state index contributed by atoms with van der Waals surface area (Å²) in [6, 6.07) is 8.91. The van der Waals surface area contributed by atoms with Crippen molar-refractivity contribution in [1.82, 2.24) is 0 Å². The Morgan fingerprint density at radius 1 is 1.12 bits per heavy atom. The molecule has 84 valence electrons. The maximum atomic E-state index is 11.6. The van der Waals surface area contributed by atoms with Crippen molar-refractivity contribution in [3.63, 3.8) is 0 Å². The minimum atomic E-state index is -0.276. The molecule has 0 aliphatic rings. The van der Waals surface area contributed by atoms with Crippen molar-refractivity contribution in [1.29, 1.82) is 0 Å². The molecule has 2 rings (SSSR count). The summed E-state index contributed by atoms with van der Waals surface area (Å²) >= 11 is 0. The molecule has 2 aromatic rings. The van der Waals surface area contributed by atoms with Gasteiger partial charge in [0.15, 0.2) is 0 Å². The molecule has 1 heterocycles. The molecule has 0 amide bonds. The molecule has 0 radical (unpaired) electrons. The Labute approximate surface area is 113 Å². The standard InChI is InChI=1S/C13H15NO2.Li/c1-13(2,3)16-11-8-7-9-5-4-6-10(15)12(9)14-11;/h4-8,15H,1-3H3;/q;+1. The van der Waals surface area contributed by atoms with Gasteiger partial charge in [0.05, 0.1) is 6.07 Å². The monoisotopic (exact) mass is 224 g/mol. The predicted octanol–water partition coefficient (Wildman–Crippen LogP) is -1.09. The molecular formula is C13H15LiNO2+. The number of aromatic nitrogens is 1. The van der Waals surface area contributed by atoms with Gasteiger partial charge in [0.1, 0.15) is 5.60 Å². The molecular weight excluding hydrogens is 209 g/mol. The number of hydrogen-bond donors (Lipinski definition) is 0. The number of H-pyrrole nitrogens is 1. The van der Waals surface area contributed by atoms with Gasteiger partial charge in [-0.05, 0) is 38.7 Å². The van der Waals surface area contributed by atoms with Crippen LogP contribution in [0.15, 0.2) is 30.3 Å². The Hall–Kier alpha value is -1.17. The van der Waals surface area contributed by atoms with Gasteiger partial charge < -0.3 is 9.84 Å². The number of hydrogen-bond acceptors (Lipinski definition) is 2. The Kier molecular flexibility index (Phi) is 4.08. The summed E-state index contributed by atoms with van der Waals surface area (Å²) < 4.78 is 5.67. The smallest absolute Gasteiger partial charge is 0.868 e. The van der Waals surface area contributed by atoms with Gasteiger partial charge in [0.25, 0.3) is 0 Å². The van der Waals surface area contributed by atoms with Gasteiger partial charge in [-0.15, -0.1) is 0 Å². The van der Waals surface area contributed by atoms with Crippen LogP contribution in [0.1, 0.15) is 20.8 Å². The fourth-order valence-corrected chi connectivity index (χ4v) is 1.54. The first-order valence-corrected chi connectivity index (χ1v) is 5.27. The van der Waals surface area contributed by atoms with Crippen molar-refractivity contribution >= 4 is 10.9 Å². The van der Waals surface area contributed by atoms with E-state index < -0.39 is 0 Å². The van der Waals surface area contributed by atoms with E-state index in [-0.39, 0.29) is 30.2 Å². The molecule has 1 N–H and O–H groups in total. The van der Waals surface area contributed by atoms with Crippen LogP contribution in [0, 0.1) is 0 Å². The minimum Gasteiger partial charge on any atom is -0.868 e. The number of pyridine rings is 1. The van der Waals surface area contributed by atoms with E-state index in [0.717, 1.165) is 5.39 Å². The van der Waals surface area contributed by atoms with Gasteiger partial charge in [0, 0.05) is 5.39 Å². The van der Waals surface area contributed by atoms with Crippen molar-refractivity contribution in [3.05, 3.63) is 30.3 Å². The van der Waals surface area contributed by atoms with Crippen LogP contribution in [0.4, 0.5) is 0 Å². The third-order valence-electron chi connectivity index (χ3n) is 2.14. The van der Waals surface area contributed by atoms with E-state index in [1.54, 1.807) is 12.1 Å². The maximum absolute atomic E-state index is 11.6. The molecule has 0 saturated heterocycles. The molecule has 1 aromatic carbocycles. The van der Waals surface area contributed by atoms with Gasteiger partial charge in [0.2, 0.25) is 5.52 Å². The molecule has 0 atom stereocenters. The zero-order valence-electron chi connectivity index (χ0n) is 10.7. The summed E-state index contributed by atoms with van der Waals surface area (Å²) in [5.41, 5.74) is 0.311. The number of ether oxygens (including phenoxy) is 1. The maximum Gasteiger partial charge on any atom is 1.00 e. The van der Waals surface area contributed by atoms with Crippen molar-refractivity contribution in [2.75, 3.05) is 0 Å². The van der Waals surface area contributed by atoms with E-state index in [9.17, 15) is 5.11 Å². The van der Waals surface area contributed by atoms with E-state index in [1.807, 2.05) is 39.0 Å². The number of fused-ring (bicyclic) bond motifs is 1. The first-order chi connectivity index (χ1) is 7.46. The molecule has 0 fully saturated rings. The number of para-hydroxylation sites is 1. The van der Waals surface area contributed by atoms with Crippen LogP contribution in [0.25, 0.3) is 10.9 Å². The molecule has 0 spiro atoms. The Bertz CT molecular complexity index is 520. The third-order valence-corrected chi connectivity index (χ3v) is 2.14. The molecule has 1 aromatic heterocycles. The fourth-order valence-electron chi connectivity index (χ4n) is 1.54. The van der Waals surface area contributed by atoms with Gasteiger partial charge in [-0.3, -0.25) is 0 Å². The molecule has 0 aliphatic heterocycles. The van der Waals surface area contributed by atoms with Gasteiger partial charge in [-0.25, -0.2) is 0 Å². The number of nitrogens with one attached hydrogen (secondary N) is 1. The summed E-state index contributed by atoms with van der Waals surface area (Å²) in [6.07, 6.45) is 0. The van der Waals surface area contributed by atoms with E-state index in [1.165, 1.54) is 0 Å². The first kappa shape index (κ1) is 13.9. The van der Waals surface area contributed by atoms with Crippen molar-refractivity contribution in [2.45, 2.75) is 26.4 Å². The molecule has 3 nitrogen and oxygen atoms in total. The van der Waals surface area contributed by atoms with Crippen molar-refractivity contribution in [3.8, 4) is 11.6 Å². The Morgan fingerprint density at radius 3 is 2.47 bits per heavy atom. The number of rotatable bonds is 1. The molecule has 0 aliphatic carbocycles. The number of benzene rings is 1. The predicted molar refractivity (Wildman–Crippen MR) is 60.3 cm³/mol. The van der Waals surface area contributed by atoms with E-state index in [2.05, 4.69) is 4.98 Å². The summed E-state index contributed by atoms with van der Waals surface area (Å²) in [6.45, 7) is 5.90. The summed E-state index contributed by atoms with van der Waals surface area (Å²) in [4.78, 5) is 3.02. The largest absolute Gasteiger partial charge is 1.00 e. The Morgan fingerprint density at radius 2 is 1.82 bits per heavy atom. The molecule has 0 saturated carbocycles. The molecule has 17 heavy (non-hydrogen) atoms.